The Morgan fingerprint density at radius 1 is 0.722 bits per heavy atom. The number of carbonyl (C=O) groups excluding carboxylic acids is 3. The van der Waals surface area contributed by atoms with E-state index in [1.807, 2.05) is 66.7 Å². The molecule has 1 fully saturated rings. The molecule has 0 unspecified atom stereocenters. The molecule has 2 atom stereocenters. The highest BCUT2D eigenvalue weighted by molar-refractivity contribution is 6.37. The van der Waals surface area contributed by atoms with Crippen LogP contribution in [0.5, 0.6) is 0 Å². The van der Waals surface area contributed by atoms with Gasteiger partial charge in [-0.3, -0.25) is 19.3 Å². The summed E-state index contributed by atoms with van der Waals surface area (Å²) in [6, 6.07) is 39.7. The summed E-state index contributed by atoms with van der Waals surface area (Å²) in [5.41, 5.74) is 4.07. The predicted octanol–water partition coefficient (Wildman–Crippen LogP) is 8.13. The van der Waals surface area contributed by atoms with Gasteiger partial charge in [0.1, 0.15) is 0 Å². The fourth-order valence-corrected chi connectivity index (χ4v) is 7.35. The van der Waals surface area contributed by atoms with Crippen LogP contribution in [0.25, 0.3) is 6.08 Å². The molecule has 7 nitrogen and oxygen atoms in total. The van der Waals surface area contributed by atoms with Crippen LogP contribution in [-0.2, 0) is 17.8 Å². The van der Waals surface area contributed by atoms with Gasteiger partial charge in [-0.25, -0.2) is 0 Å². The molecule has 0 radical (unpaired) electrons. The molecular weight excluding hydrogens is 717 g/mol. The Morgan fingerprint density at radius 2 is 1.26 bits per heavy atom. The zero-order valence-corrected chi connectivity index (χ0v) is 31.4. The molecule has 1 aliphatic heterocycles. The first-order chi connectivity index (χ1) is 26.2. The molecule has 9 heteroatoms. The lowest BCUT2D eigenvalue weighted by Gasteiger charge is -2.40. The van der Waals surface area contributed by atoms with E-state index in [2.05, 4.69) is 22.3 Å². The monoisotopic (exact) mass is 759 g/mol. The van der Waals surface area contributed by atoms with Gasteiger partial charge in [-0.05, 0) is 60.7 Å². The van der Waals surface area contributed by atoms with Crippen LogP contribution in [0.2, 0.25) is 10.0 Å². The van der Waals surface area contributed by atoms with Gasteiger partial charge >= 0.3 is 0 Å². The quantitative estimate of drug-likeness (QED) is 0.0882. The van der Waals surface area contributed by atoms with Gasteiger partial charge in [0.25, 0.3) is 5.91 Å². The smallest absolute Gasteiger partial charge is 0.251 e. The van der Waals surface area contributed by atoms with Crippen LogP contribution in [0.3, 0.4) is 0 Å². The normalized spacial score (nSPS) is 14.7. The minimum atomic E-state index is -1.11. The molecule has 0 bridgehead atoms. The highest BCUT2D eigenvalue weighted by atomic mass is 35.5. The molecule has 6 rings (SSSR count). The number of piperidine rings is 1. The SMILES string of the molecule is O=C(N[C@@H](Cc1ccccc1)[C@@H](O)CN(C(=O)/C=C/c1c(Cl)cccc1Cl)C1CCN(Cc2ccccc2)CC1)c1ccc(C(=O)c2ccccc2)cc1. The van der Waals surface area contributed by atoms with Crippen molar-refractivity contribution < 1.29 is 19.5 Å². The summed E-state index contributed by atoms with van der Waals surface area (Å²) >= 11 is 12.8. The molecule has 2 amide bonds. The number of hydrogen-bond acceptors (Lipinski definition) is 5. The van der Waals surface area contributed by atoms with Gasteiger partial charge in [-0.15, -0.1) is 0 Å². The zero-order chi connectivity index (χ0) is 37.9. The highest BCUT2D eigenvalue weighted by Gasteiger charge is 2.32. The van der Waals surface area contributed by atoms with Gasteiger partial charge in [-0.1, -0.05) is 132 Å². The molecule has 1 heterocycles. The summed E-state index contributed by atoms with van der Waals surface area (Å²) in [6.07, 6.45) is 3.73. The van der Waals surface area contributed by atoms with E-state index in [-0.39, 0.29) is 24.3 Å². The number of rotatable bonds is 14. The number of aliphatic hydroxyl groups is 1. The van der Waals surface area contributed by atoms with Crippen molar-refractivity contribution in [3.63, 3.8) is 0 Å². The highest BCUT2D eigenvalue weighted by Crippen LogP contribution is 2.26. The number of benzene rings is 5. The standard InChI is InChI=1S/C45H43Cl2N3O4/c46-39-17-10-18-40(47)38(39)23-24-43(52)50(37-25-27-49(28-26-37)30-33-13-6-2-7-14-33)31-42(51)41(29-32-11-4-1-5-12-32)48-45(54)36-21-19-35(20-22-36)44(53)34-15-8-3-9-16-34/h1-24,37,41-42,51H,25-31H2,(H,48,54)/b24-23+/t41-,42-/m0/s1. The molecule has 54 heavy (non-hydrogen) atoms. The second-order valence-corrected chi connectivity index (χ2v) is 14.4. The third-order valence-corrected chi connectivity index (χ3v) is 10.5. The lowest BCUT2D eigenvalue weighted by Crippen LogP contribution is -2.54. The predicted molar refractivity (Wildman–Crippen MR) is 216 cm³/mol. The van der Waals surface area contributed by atoms with E-state index >= 15 is 0 Å². The van der Waals surface area contributed by atoms with Gasteiger partial charge in [0.2, 0.25) is 5.91 Å². The summed E-state index contributed by atoms with van der Waals surface area (Å²) in [7, 11) is 0. The number of hydrogen-bond donors (Lipinski definition) is 2. The van der Waals surface area contributed by atoms with Gasteiger partial charge in [0.05, 0.1) is 12.1 Å². The summed E-state index contributed by atoms with van der Waals surface area (Å²) in [6.45, 7) is 2.38. The van der Waals surface area contributed by atoms with E-state index in [0.717, 1.165) is 38.0 Å². The van der Waals surface area contributed by atoms with Crippen molar-refractivity contribution in [2.75, 3.05) is 19.6 Å². The third kappa shape index (κ3) is 10.3. The second kappa shape index (κ2) is 18.8. The van der Waals surface area contributed by atoms with Crippen LogP contribution in [0.15, 0.2) is 140 Å². The maximum atomic E-state index is 14.1. The van der Waals surface area contributed by atoms with Crippen LogP contribution in [0, 0.1) is 0 Å². The molecule has 0 spiro atoms. The lowest BCUT2D eigenvalue weighted by molar-refractivity contribution is -0.131. The van der Waals surface area contributed by atoms with Crippen LogP contribution in [0.1, 0.15) is 55.8 Å². The van der Waals surface area contributed by atoms with Crippen LogP contribution in [0.4, 0.5) is 0 Å². The largest absolute Gasteiger partial charge is 0.389 e. The molecule has 1 aliphatic rings. The molecule has 0 aliphatic carbocycles. The zero-order valence-electron chi connectivity index (χ0n) is 29.9. The van der Waals surface area contributed by atoms with Crippen molar-refractivity contribution in [1.29, 1.82) is 0 Å². The molecule has 5 aromatic carbocycles. The van der Waals surface area contributed by atoms with Crippen LogP contribution < -0.4 is 5.32 Å². The van der Waals surface area contributed by atoms with Crippen molar-refractivity contribution in [1.82, 2.24) is 15.1 Å². The minimum Gasteiger partial charge on any atom is -0.389 e. The van der Waals surface area contributed by atoms with Crippen LogP contribution >= 0.6 is 23.2 Å². The summed E-state index contributed by atoms with van der Waals surface area (Å²) in [4.78, 5) is 44.8. The Hall–Kier alpha value is -5.05. The van der Waals surface area contributed by atoms with E-state index in [1.54, 1.807) is 65.6 Å². The lowest BCUT2D eigenvalue weighted by atomic mass is 9.97. The van der Waals surface area contributed by atoms with Gasteiger partial charge in [-0.2, -0.15) is 0 Å². The molecule has 0 saturated carbocycles. The molecule has 1 saturated heterocycles. The Labute approximate surface area is 326 Å². The number of nitrogens with one attached hydrogen (secondary N) is 1. The van der Waals surface area contributed by atoms with Crippen molar-refractivity contribution in [3.05, 3.63) is 183 Å². The van der Waals surface area contributed by atoms with Crippen molar-refractivity contribution in [2.45, 2.75) is 44.0 Å². The topological polar surface area (TPSA) is 89.9 Å². The Morgan fingerprint density at radius 3 is 1.87 bits per heavy atom. The summed E-state index contributed by atoms with van der Waals surface area (Å²) in [5.74, 6) is -0.814. The average molecular weight is 761 g/mol. The van der Waals surface area contributed by atoms with E-state index in [4.69, 9.17) is 23.2 Å². The van der Waals surface area contributed by atoms with E-state index in [9.17, 15) is 19.5 Å². The average Bonchev–Trinajstić information content (AvgIpc) is 3.20. The third-order valence-electron chi connectivity index (χ3n) is 9.83. The fraction of sp³-hybridized carbons (Fsp3) is 0.222. The molecule has 5 aromatic rings. The first-order valence-corrected chi connectivity index (χ1v) is 18.9. The van der Waals surface area contributed by atoms with Gasteiger partial charge in [0.15, 0.2) is 5.78 Å². The summed E-state index contributed by atoms with van der Waals surface area (Å²) < 4.78 is 0. The number of ketones is 1. The van der Waals surface area contributed by atoms with Crippen LogP contribution in [-0.4, -0.2) is 70.3 Å². The van der Waals surface area contributed by atoms with Gasteiger partial charge < -0.3 is 15.3 Å². The van der Waals surface area contributed by atoms with E-state index in [1.165, 1.54) is 11.6 Å². The molecule has 0 aromatic heterocycles. The number of carbonyl (C=O) groups is 3. The minimum absolute atomic E-state index is 0.00885. The van der Waals surface area contributed by atoms with Crippen molar-refractivity contribution >= 4 is 46.9 Å². The Bertz CT molecular complexity index is 2010. The van der Waals surface area contributed by atoms with E-state index < -0.39 is 18.1 Å². The second-order valence-electron chi connectivity index (χ2n) is 13.6. The Kier molecular flexibility index (Phi) is 13.5. The van der Waals surface area contributed by atoms with Crippen molar-refractivity contribution in [3.8, 4) is 0 Å². The summed E-state index contributed by atoms with van der Waals surface area (Å²) in [5, 5.41) is 15.8. The van der Waals surface area contributed by atoms with Gasteiger partial charge in [0, 0.05) is 70.6 Å². The first-order valence-electron chi connectivity index (χ1n) is 18.2. The molecule has 276 valence electrons. The number of aliphatic hydroxyl groups excluding tert-OH is 1. The first kappa shape index (κ1) is 38.7. The molecular formula is C45H43Cl2N3O4. The maximum absolute atomic E-state index is 14.1. The van der Waals surface area contributed by atoms with Crippen molar-refractivity contribution in [2.24, 2.45) is 0 Å². The maximum Gasteiger partial charge on any atom is 0.251 e. The number of amides is 2. The fourth-order valence-electron chi connectivity index (χ4n) is 6.83. The number of nitrogens with zero attached hydrogens (tertiary/aromatic N) is 2. The number of likely N-dealkylation sites (tertiary alicyclic amines) is 1. The number of halogens is 2. The van der Waals surface area contributed by atoms with E-state index in [0.29, 0.717) is 38.7 Å². The Balaban J connectivity index is 1.21. The molecule has 2 N–H and O–H groups in total.